The van der Waals surface area contributed by atoms with E-state index in [1.807, 2.05) is 0 Å². The van der Waals surface area contributed by atoms with Crippen molar-refractivity contribution in [3.63, 3.8) is 0 Å². The number of rotatable bonds is 1. The molecule has 0 aliphatic carbocycles. The predicted octanol–water partition coefficient (Wildman–Crippen LogP) is 1.54. The topological polar surface area (TPSA) is 22.1 Å². The van der Waals surface area contributed by atoms with E-state index in [4.69, 9.17) is 16.3 Å². The van der Waals surface area contributed by atoms with Gasteiger partial charge >= 0.3 is 0 Å². The van der Waals surface area contributed by atoms with E-state index < -0.39 is 0 Å². The van der Waals surface area contributed by atoms with E-state index in [1.165, 1.54) is 7.11 Å². The van der Waals surface area contributed by atoms with Crippen molar-refractivity contribution in [3.05, 3.63) is 23.4 Å². The van der Waals surface area contributed by atoms with Gasteiger partial charge in [-0.15, -0.1) is 0 Å². The summed E-state index contributed by atoms with van der Waals surface area (Å²) < 4.78 is 4.77. The van der Waals surface area contributed by atoms with Crippen LogP contribution in [0, 0.1) is 6.20 Å². The van der Waals surface area contributed by atoms with Crippen molar-refractivity contribution in [2.24, 2.45) is 0 Å². The zero-order chi connectivity index (χ0) is 6.69. The molecule has 2 nitrogen and oxygen atoms in total. The van der Waals surface area contributed by atoms with Gasteiger partial charge in [0.15, 0.2) is 0 Å². The van der Waals surface area contributed by atoms with Crippen LogP contribution in [0.3, 0.4) is 0 Å². The van der Waals surface area contributed by atoms with Crippen LogP contribution in [0.25, 0.3) is 0 Å². The standard InChI is InChI=1S/C6H5ClNO/c1-9-6-4-5(7)2-3-8-6/h2,4H,1H3. The lowest BCUT2D eigenvalue weighted by molar-refractivity contribution is 0.397. The maximum atomic E-state index is 5.57. The van der Waals surface area contributed by atoms with Crippen molar-refractivity contribution < 1.29 is 4.74 Å². The van der Waals surface area contributed by atoms with E-state index in [1.54, 1.807) is 12.1 Å². The fraction of sp³-hybridized carbons (Fsp3) is 0.167. The number of aromatic nitrogens is 1. The van der Waals surface area contributed by atoms with Crippen LogP contribution in [0.5, 0.6) is 5.88 Å². The molecule has 0 aromatic carbocycles. The minimum atomic E-state index is 0.488. The molecule has 0 amide bonds. The Kier molecular flexibility index (Phi) is 1.90. The van der Waals surface area contributed by atoms with Gasteiger partial charge in [0.1, 0.15) is 0 Å². The number of halogens is 1. The third-order valence-electron chi connectivity index (χ3n) is 0.848. The first-order valence-electron chi connectivity index (χ1n) is 2.40. The van der Waals surface area contributed by atoms with Gasteiger partial charge in [-0.25, -0.2) is 4.98 Å². The SMILES string of the molecule is COc1cc(Cl)c[c]n1. The van der Waals surface area contributed by atoms with Crippen molar-refractivity contribution in [2.75, 3.05) is 7.11 Å². The Balaban J connectivity index is 2.94. The zero-order valence-corrected chi connectivity index (χ0v) is 5.64. The van der Waals surface area contributed by atoms with Gasteiger partial charge in [-0.05, 0) is 6.07 Å². The summed E-state index contributed by atoms with van der Waals surface area (Å²) in [6.45, 7) is 0. The van der Waals surface area contributed by atoms with Crippen LogP contribution >= 0.6 is 11.6 Å². The van der Waals surface area contributed by atoms with Crippen molar-refractivity contribution in [2.45, 2.75) is 0 Å². The summed E-state index contributed by atoms with van der Waals surface area (Å²) in [7, 11) is 1.53. The summed E-state index contributed by atoms with van der Waals surface area (Å²) in [4.78, 5) is 3.73. The van der Waals surface area contributed by atoms with Gasteiger partial charge in [0.05, 0.1) is 13.3 Å². The van der Waals surface area contributed by atoms with Crippen molar-refractivity contribution >= 4 is 11.6 Å². The smallest absolute Gasteiger partial charge is 0.215 e. The van der Waals surface area contributed by atoms with Crippen LogP contribution in [0.4, 0.5) is 0 Å². The second kappa shape index (κ2) is 2.69. The molecule has 0 N–H and O–H groups in total. The molecule has 0 fully saturated rings. The normalized spacial score (nSPS) is 9.11. The number of nitrogens with zero attached hydrogens (tertiary/aromatic N) is 1. The molecule has 1 radical (unpaired) electrons. The number of ether oxygens (including phenoxy) is 1. The van der Waals surface area contributed by atoms with Crippen molar-refractivity contribution in [1.82, 2.24) is 4.98 Å². The molecular weight excluding hydrogens is 138 g/mol. The summed E-state index contributed by atoms with van der Waals surface area (Å²) in [6, 6.07) is 3.20. The average molecular weight is 143 g/mol. The van der Waals surface area contributed by atoms with Gasteiger partial charge in [-0.1, -0.05) is 11.6 Å². The molecule has 0 atom stereocenters. The third-order valence-corrected chi connectivity index (χ3v) is 1.07. The van der Waals surface area contributed by atoms with E-state index in [9.17, 15) is 0 Å². The molecule has 47 valence electrons. The molecule has 0 aliphatic rings. The summed E-state index contributed by atoms with van der Waals surface area (Å²) in [5, 5.41) is 0.585. The van der Waals surface area contributed by atoms with Crippen LogP contribution in [0.15, 0.2) is 12.1 Å². The Morgan fingerprint density at radius 2 is 2.56 bits per heavy atom. The molecule has 3 heteroatoms. The minimum absolute atomic E-state index is 0.488. The average Bonchev–Trinajstić information content (AvgIpc) is 1.88. The van der Waals surface area contributed by atoms with Gasteiger partial charge < -0.3 is 4.74 Å². The fourth-order valence-corrected chi connectivity index (χ4v) is 0.596. The van der Waals surface area contributed by atoms with Crippen LogP contribution in [-0.2, 0) is 0 Å². The first-order valence-corrected chi connectivity index (χ1v) is 2.78. The fourth-order valence-electron chi connectivity index (χ4n) is 0.454. The molecule has 1 aromatic rings. The number of hydrogen-bond acceptors (Lipinski definition) is 2. The highest BCUT2D eigenvalue weighted by Crippen LogP contribution is 2.11. The Morgan fingerprint density at radius 3 is 3.00 bits per heavy atom. The lowest BCUT2D eigenvalue weighted by Gasteiger charge is -1.94. The Labute approximate surface area is 58.4 Å². The van der Waals surface area contributed by atoms with Crippen molar-refractivity contribution in [3.8, 4) is 5.88 Å². The lowest BCUT2D eigenvalue weighted by Crippen LogP contribution is -1.84. The van der Waals surface area contributed by atoms with E-state index in [-0.39, 0.29) is 0 Å². The molecule has 1 aromatic heterocycles. The minimum Gasteiger partial charge on any atom is -0.481 e. The second-order valence-electron chi connectivity index (χ2n) is 1.46. The molecule has 0 saturated heterocycles. The predicted molar refractivity (Wildman–Crippen MR) is 34.6 cm³/mol. The highest BCUT2D eigenvalue weighted by atomic mass is 35.5. The molecule has 1 heterocycles. The molecular formula is C6H5ClNO. The highest BCUT2D eigenvalue weighted by Gasteiger charge is 1.90. The van der Waals surface area contributed by atoms with Crippen molar-refractivity contribution in [1.29, 1.82) is 0 Å². The molecule has 1 rings (SSSR count). The van der Waals surface area contributed by atoms with Gasteiger partial charge in [0, 0.05) is 11.1 Å². The molecule has 0 saturated carbocycles. The van der Waals surface area contributed by atoms with E-state index in [2.05, 4.69) is 11.2 Å². The lowest BCUT2D eigenvalue weighted by atomic mass is 10.5. The monoisotopic (exact) mass is 142 g/mol. The maximum absolute atomic E-state index is 5.57. The van der Waals surface area contributed by atoms with E-state index in [0.29, 0.717) is 10.9 Å². The third kappa shape index (κ3) is 1.57. The van der Waals surface area contributed by atoms with E-state index >= 15 is 0 Å². The zero-order valence-electron chi connectivity index (χ0n) is 4.89. The first kappa shape index (κ1) is 6.36. The maximum Gasteiger partial charge on any atom is 0.215 e. The van der Waals surface area contributed by atoms with Gasteiger partial charge in [0.2, 0.25) is 5.88 Å². The quantitative estimate of drug-likeness (QED) is 0.594. The Hall–Kier alpha value is -0.760. The molecule has 0 aliphatic heterocycles. The number of pyridine rings is 1. The molecule has 0 bridgehead atoms. The highest BCUT2D eigenvalue weighted by molar-refractivity contribution is 6.30. The van der Waals surface area contributed by atoms with Gasteiger partial charge in [-0.2, -0.15) is 0 Å². The molecule has 0 unspecified atom stereocenters. The van der Waals surface area contributed by atoms with Crippen LogP contribution in [-0.4, -0.2) is 12.1 Å². The number of methoxy groups -OCH3 is 1. The summed E-state index contributed by atoms with van der Waals surface area (Å²) in [5.41, 5.74) is 0. The summed E-state index contributed by atoms with van der Waals surface area (Å²) >= 11 is 5.57. The second-order valence-corrected chi connectivity index (χ2v) is 1.89. The largest absolute Gasteiger partial charge is 0.481 e. The summed E-state index contributed by atoms with van der Waals surface area (Å²) in [6.07, 6.45) is 2.57. The van der Waals surface area contributed by atoms with E-state index in [0.717, 1.165) is 0 Å². The van der Waals surface area contributed by atoms with Gasteiger partial charge in [-0.3, -0.25) is 0 Å². The van der Waals surface area contributed by atoms with Crippen LogP contribution in [0.1, 0.15) is 0 Å². The number of hydrogen-bond donors (Lipinski definition) is 0. The van der Waals surface area contributed by atoms with Crippen LogP contribution in [0.2, 0.25) is 5.02 Å². The molecule has 9 heavy (non-hydrogen) atoms. The Bertz CT molecular complexity index is 202. The van der Waals surface area contributed by atoms with Crippen LogP contribution < -0.4 is 4.74 Å². The summed E-state index contributed by atoms with van der Waals surface area (Å²) in [5.74, 6) is 0.488. The van der Waals surface area contributed by atoms with Gasteiger partial charge in [0.25, 0.3) is 0 Å². The Morgan fingerprint density at radius 1 is 1.78 bits per heavy atom. The molecule has 0 spiro atoms. The first-order chi connectivity index (χ1) is 4.33.